The maximum Gasteiger partial charge on any atom is 0.122 e. The largest absolute Gasteiger partial charge is 0.496 e. The molecule has 94 valence electrons. The Balaban J connectivity index is 1.95. The molecule has 1 aromatic carbocycles. The minimum absolute atomic E-state index is 0.738. The summed E-state index contributed by atoms with van der Waals surface area (Å²) in [6, 6.07) is 7.35. The van der Waals surface area contributed by atoms with Crippen LogP contribution in [0.4, 0.5) is 0 Å². The van der Waals surface area contributed by atoms with Crippen molar-refractivity contribution in [1.82, 2.24) is 5.32 Å². The van der Waals surface area contributed by atoms with Crippen LogP contribution in [0, 0.1) is 0 Å². The normalized spacial score (nSPS) is 19.5. The highest BCUT2D eigenvalue weighted by atomic mass is 16.5. The van der Waals surface area contributed by atoms with Gasteiger partial charge in [-0.05, 0) is 55.8 Å². The molecule has 0 saturated carbocycles. The molecule has 2 heteroatoms. The van der Waals surface area contributed by atoms with E-state index in [2.05, 4.69) is 30.4 Å². The summed E-state index contributed by atoms with van der Waals surface area (Å²) in [6.07, 6.45) is 6.16. The fourth-order valence-corrected chi connectivity index (χ4v) is 2.61. The van der Waals surface area contributed by atoms with Crippen LogP contribution in [0.3, 0.4) is 0 Å². The maximum absolute atomic E-state index is 5.36. The predicted molar refractivity (Wildman–Crippen MR) is 71.7 cm³/mol. The lowest BCUT2D eigenvalue weighted by Crippen LogP contribution is -2.21. The molecule has 1 aliphatic rings. The summed E-state index contributed by atoms with van der Waals surface area (Å²) in [5, 5.41) is 3.55. The Kier molecular flexibility index (Phi) is 4.43. The van der Waals surface area contributed by atoms with Crippen molar-refractivity contribution >= 4 is 0 Å². The summed E-state index contributed by atoms with van der Waals surface area (Å²) in [5.74, 6) is 1.02. The molecular formula is C15H23NO. The Labute approximate surface area is 104 Å². The van der Waals surface area contributed by atoms with Crippen molar-refractivity contribution in [1.29, 1.82) is 0 Å². The zero-order valence-electron chi connectivity index (χ0n) is 11.0. The van der Waals surface area contributed by atoms with E-state index in [1.54, 1.807) is 7.11 Å². The van der Waals surface area contributed by atoms with E-state index in [1.807, 2.05) is 0 Å². The number of ether oxygens (including phenoxy) is 1. The topological polar surface area (TPSA) is 21.3 Å². The van der Waals surface area contributed by atoms with Crippen molar-refractivity contribution in [3.05, 3.63) is 29.3 Å². The van der Waals surface area contributed by atoms with E-state index >= 15 is 0 Å². The van der Waals surface area contributed by atoms with Crippen molar-refractivity contribution in [2.24, 2.45) is 0 Å². The predicted octanol–water partition coefficient (Wildman–Crippen LogP) is 2.94. The summed E-state index contributed by atoms with van der Waals surface area (Å²) in [6.45, 7) is 3.38. The molecule has 1 fully saturated rings. The first-order valence-corrected chi connectivity index (χ1v) is 6.72. The third kappa shape index (κ3) is 3.22. The van der Waals surface area contributed by atoms with Crippen LogP contribution < -0.4 is 10.1 Å². The molecule has 1 unspecified atom stereocenters. The lowest BCUT2D eigenvalue weighted by atomic mass is 10.0. The second kappa shape index (κ2) is 6.06. The fourth-order valence-electron chi connectivity index (χ4n) is 2.61. The van der Waals surface area contributed by atoms with E-state index < -0.39 is 0 Å². The SMILES string of the molecule is CCc1cc(CCC2CCCN2)ccc1OC. The molecule has 2 rings (SSSR count). The van der Waals surface area contributed by atoms with Gasteiger partial charge in [0.15, 0.2) is 0 Å². The highest BCUT2D eigenvalue weighted by Crippen LogP contribution is 2.22. The second-order valence-corrected chi connectivity index (χ2v) is 4.83. The van der Waals surface area contributed by atoms with Gasteiger partial charge in [-0.15, -0.1) is 0 Å². The summed E-state index contributed by atoms with van der Waals surface area (Å²) >= 11 is 0. The average Bonchev–Trinajstić information content (AvgIpc) is 2.89. The van der Waals surface area contributed by atoms with Gasteiger partial charge >= 0.3 is 0 Å². The van der Waals surface area contributed by atoms with Gasteiger partial charge in [-0.25, -0.2) is 0 Å². The second-order valence-electron chi connectivity index (χ2n) is 4.83. The average molecular weight is 233 g/mol. The lowest BCUT2D eigenvalue weighted by Gasteiger charge is -2.12. The van der Waals surface area contributed by atoms with Crippen molar-refractivity contribution in [2.45, 2.75) is 45.1 Å². The van der Waals surface area contributed by atoms with Crippen LogP contribution in [0.5, 0.6) is 5.75 Å². The maximum atomic E-state index is 5.36. The molecule has 1 N–H and O–H groups in total. The molecule has 1 atom stereocenters. The fraction of sp³-hybridized carbons (Fsp3) is 0.600. The first-order valence-electron chi connectivity index (χ1n) is 6.72. The first-order chi connectivity index (χ1) is 8.33. The molecule has 17 heavy (non-hydrogen) atoms. The van der Waals surface area contributed by atoms with Crippen LogP contribution in [0.2, 0.25) is 0 Å². The molecule has 1 aromatic rings. The van der Waals surface area contributed by atoms with E-state index in [1.165, 1.54) is 43.4 Å². The van der Waals surface area contributed by atoms with Gasteiger partial charge in [0.2, 0.25) is 0 Å². The molecule has 0 aliphatic carbocycles. The zero-order chi connectivity index (χ0) is 12.1. The minimum Gasteiger partial charge on any atom is -0.496 e. The Morgan fingerprint density at radius 1 is 1.41 bits per heavy atom. The number of methoxy groups -OCH3 is 1. The minimum atomic E-state index is 0.738. The van der Waals surface area contributed by atoms with Crippen LogP contribution in [-0.4, -0.2) is 19.7 Å². The summed E-state index contributed by atoms with van der Waals surface area (Å²) < 4.78 is 5.36. The van der Waals surface area contributed by atoms with E-state index in [0.717, 1.165) is 18.2 Å². The molecule has 0 spiro atoms. The van der Waals surface area contributed by atoms with Crippen LogP contribution in [0.25, 0.3) is 0 Å². The van der Waals surface area contributed by atoms with Gasteiger partial charge in [0, 0.05) is 6.04 Å². The molecule has 0 aromatic heterocycles. The van der Waals surface area contributed by atoms with Crippen molar-refractivity contribution in [3.63, 3.8) is 0 Å². The summed E-state index contributed by atoms with van der Waals surface area (Å²) in [4.78, 5) is 0. The van der Waals surface area contributed by atoms with Gasteiger partial charge in [-0.3, -0.25) is 0 Å². The van der Waals surface area contributed by atoms with Crippen LogP contribution in [0.1, 0.15) is 37.3 Å². The van der Waals surface area contributed by atoms with E-state index in [0.29, 0.717) is 0 Å². The standard InChI is InChI=1S/C15H23NO/c1-3-13-11-12(7-9-15(13)17-2)6-8-14-5-4-10-16-14/h7,9,11,14,16H,3-6,8,10H2,1-2H3. The lowest BCUT2D eigenvalue weighted by molar-refractivity contribution is 0.410. The van der Waals surface area contributed by atoms with Gasteiger partial charge in [0.1, 0.15) is 5.75 Å². The van der Waals surface area contributed by atoms with Crippen molar-refractivity contribution in [3.8, 4) is 5.75 Å². The van der Waals surface area contributed by atoms with E-state index in [-0.39, 0.29) is 0 Å². The van der Waals surface area contributed by atoms with E-state index in [9.17, 15) is 0 Å². The Bertz CT molecular complexity index is 356. The first kappa shape index (κ1) is 12.4. The highest BCUT2D eigenvalue weighted by molar-refractivity contribution is 5.37. The molecule has 0 radical (unpaired) electrons. The molecular weight excluding hydrogens is 210 g/mol. The molecule has 1 heterocycles. The highest BCUT2D eigenvalue weighted by Gasteiger charge is 2.13. The molecule has 1 aliphatic heterocycles. The summed E-state index contributed by atoms with van der Waals surface area (Å²) in [5.41, 5.74) is 2.76. The zero-order valence-corrected chi connectivity index (χ0v) is 11.0. The van der Waals surface area contributed by atoms with Crippen molar-refractivity contribution in [2.75, 3.05) is 13.7 Å². The van der Waals surface area contributed by atoms with Gasteiger partial charge in [0.05, 0.1) is 7.11 Å². The van der Waals surface area contributed by atoms with Gasteiger partial charge < -0.3 is 10.1 Å². The van der Waals surface area contributed by atoms with Crippen LogP contribution >= 0.6 is 0 Å². The number of nitrogens with one attached hydrogen (secondary N) is 1. The number of aryl methyl sites for hydroxylation is 2. The quantitative estimate of drug-likeness (QED) is 0.844. The molecule has 0 amide bonds. The van der Waals surface area contributed by atoms with Gasteiger partial charge in [-0.2, -0.15) is 0 Å². The van der Waals surface area contributed by atoms with Gasteiger partial charge in [0.25, 0.3) is 0 Å². The Morgan fingerprint density at radius 2 is 2.29 bits per heavy atom. The molecule has 1 saturated heterocycles. The number of rotatable bonds is 5. The van der Waals surface area contributed by atoms with Crippen LogP contribution in [0.15, 0.2) is 18.2 Å². The number of hydrogen-bond acceptors (Lipinski definition) is 2. The Morgan fingerprint density at radius 3 is 2.94 bits per heavy atom. The summed E-state index contributed by atoms with van der Waals surface area (Å²) in [7, 11) is 1.75. The third-order valence-electron chi connectivity index (χ3n) is 3.67. The molecule has 0 bridgehead atoms. The number of hydrogen-bond donors (Lipinski definition) is 1. The smallest absolute Gasteiger partial charge is 0.122 e. The van der Waals surface area contributed by atoms with Crippen molar-refractivity contribution < 1.29 is 4.74 Å². The van der Waals surface area contributed by atoms with E-state index in [4.69, 9.17) is 4.74 Å². The van der Waals surface area contributed by atoms with Crippen LogP contribution in [-0.2, 0) is 12.8 Å². The Hall–Kier alpha value is -1.02. The molecule has 2 nitrogen and oxygen atoms in total. The number of benzene rings is 1. The monoisotopic (exact) mass is 233 g/mol. The van der Waals surface area contributed by atoms with Gasteiger partial charge in [-0.1, -0.05) is 19.1 Å². The third-order valence-corrected chi connectivity index (χ3v) is 3.67.